The zero-order valence-corrected chi connectivity index (χ0v) is 14.2. The van der Waals surface area contributed by atoms with Crippen molar-refractivity contribution in [1.82, 2.24) is 0 Å². The molecule has 1 aromatic heterocycles. The lowest BCUT2D eigenvalue weighted by molar-refractivity contribution is -0.149. The van der Waals surface area contributed by atoms with Gasteiger partial charge >= 0.3 is 5.97 Å². The Hall–Kier alpha value is -3.67. The van der Waals surface area contributed by atoms with E-state index in [1.54, 1.807) is 42.5 Å². The summed E-state index contributed by atoms with van der Waals surface area (Å²) in [4.78, 5) is 24.8. The van der Waals surface area contributed by atoms with Gasteiger partial charge in [0.2, 0.25) is 6.10 Å². The first-order valence-electron chi connectivity index (χ1n) is 8.15. The Bertz CT molecular complexity index is 919. The van der Waals surface area contributed by atoms with Crippen LogP contribution < -0.4 is 5.32 Å². The summed E-state index contributed by atoms with van der Waals surface area (Å²) in [6.45, 7) is 0. The van der Waals surface area contributed by atoms with Crippen molar-refractivity contribution in [3.63, 3.8) is 0 Å². The van der Waals surface area contributed by atoms with Crippen molar-refractivity contribution in [1.29, 1.82) is 0 Å². The number of hydrogen-bond acceptors (Lipinski definition) is 4. The molecule has 0 unspecified atom stereocenters. The van der Waals surface area contributed by atoms with Gasteiger partial charge in [-0.3, -0.25) is 4.79 Å². The van der Waals surface area contributed by atoms with Crippen LogP contribution in [0.5, 0.6) is 0 Å². The molecule has 3 aromatic rings. The molecule has 0 radical (unpaired) electrons. The van der Waals surface area contributed by atoms with E-state index in [0.29, 0.717) is 17.0 Å². The molecule has 1 amide bonds. The first kappa shape index (κ1) is 18.1. The monoisotopic (exact) mass is 365 g/mol. The number of amides is 1. The second-order valence-corrected chi connectivity index (χ2v) is 5.57. The maximum Gasteiger partial charge on any atom is 0.332 e. The van der Waals surface area contributed by atoms with E-state index >= 15 is 0 Å². The minimum atomic E-state index is -1.16. The molecule has 1 N–H and O–H groups in total. The van der Waals surface area contributed by atoms with Gasteiger partial charge in [-0.2, -0.15) is 0 Å². The Morgan fingerprint density at radius 3 is 2.41 bits per heavy atom. The van der Waals surface area contributed by atoms with Gasteiger partial charge in [-0.25, -0.2) is 9.18 Å². The summed E-state index contributed by atoms with van der Waals surface area (Å²) in [5.41, 5.74) is 0.904. The number of carbonyl (C=O) groups excluding carboxylic acids is 2. The highest BCUT2D eigenvalue weighted by atomic mass is 19.1. The van der Waals surface area contributed by atoms with Crippen LogP contribution in [0.25, 0.3) is 6.08 Å². The summed E-state index contributed by atoms with van der Waals surface area (Å²) >= 11 is 0. The minimum Gasteiger partial charge on any atom is -0.465 e. The summed E-state index contributed by atoms with van der Waals surface area (Å²) < 4.78 is 23.5. The second-order valence-electron chi connectivity index (χ2n) is 5.57. The Morgan fingerprint density at radius 1 is 1.00 bits per heavy atom. The van der Waals surface area contributed by atoms with Crippen LogP contribution in [0.1, 0.15) is 17.4 Å². The van der Waals surface area contributed by atoms with Crippen LogP contribution in [0.2, 0.25) is 0 Å². The summed E-state index contributed by atoms with van der Waals surface area (Å²) in [5.74, 6) is -1.18. The van der Waals surface area contributed by atoms with Gasteiger partial charge < -0.3 is 14.5 Å². The van der Waals surface area contributed by atoms with E-state index in [4.69, 9.17) is 9.15 Å². The average molecular weight is 365 g/mol. The normalized spacial score (nSPS) is 11.9. The molecule has 6 heteroatoms. The molecule has 1 heterocycles. The zero-order valence-electron chi connectivity index (χ0n) is 14.2. The summed E-state index contributed by atoms with van der Waals surface area (Å²) in [6.07, 6.45) is 2.95. The SMILES string of the molecule is O=C(/C=C/c1ccco1)O[C@H](C(=O)Nc1ccc(F)cc1)c1ccccc1. The van der Waals surface area contributed by atoms with Gasteiger partial charge in [-0.1, -0.05) is 30.3 Å². The van der Waals surface area contributed by atoms with Crippen molar-refractivity contribution in [3.8, 4) is 0 Å². The lowest BCUT2D eigenvalue weighted by Crippen LogP contribution is -2.25. The van der Waals surface area contributed by atoms with Gasteiger partial charge in [0.1, 0.15) is 11.6 Å². The number of furan rings is 1. The predicted octanol–water partition coefficient (Wildman–Crippen LogP) is 4.36. The third kappa shape index (κ3) is 5.15. The fraction of sp³-hybridized carbons (Fsp3) is 0.0476. The van der Waals surface area contributed by atoms with Gasteiger partial charge in [0.05, 0.1) is 6.26 Å². The van der Waals surface area contributed by atoms with Gasteiger partial charge in [0.25, 0.3) is 5.91 Å². The molecule has 27 heavy (non-hydrogen) atoms. The van der Waals surface area contributed by atoms with E-state index < -0.39 is 23.8 Å². The average Bonchev–Trinajstić information content (AvgIpc) is 3.20. The van der Waals surface area contributed by atoms with Crippen LogP contribution in [-0.4, -0.2) is 11.9 Å². The van der Waals surface area contributed by atoms with Crippen molar-refractivity contribution < 1.29 is 23.1 Å². The topological polar surface area (TPSA) is 68.5 Å². The third-order valence-electron chi connectivity index (χ3n) is 3.61. The number of anilines is 1. The number of rotatable bonds is 6. The van der Waals surface area contributed by atoms with E-state index in [-0.39, 0.29) is 0 Å². The van der Waals surface area contributed by atoms with Gasteiger partial charge in [-0.15, -0.1) is 0 Å². The first-order chi connectivity index (χ1) is 13.1. The van der Waals surface area contributed by atoms with Crippen LogP contribution in [0.4, 0.5) is 10.1 Å². The Morgan fingerprint density at radius 2 is 1.74 bits per heavy atom. The number of hydrogen-bond donors (Lipinski definition) is 1. The van der Waals surface area contributed by atoms with Crippen LogP contribution in [0.15, 0.2) is 83.5 Å². The standard InChI is InChI=1S/C21H16FNO4/c22-16-8-10-17(11-9-16)23-21(25)20(15-5-2-1-3-6-15)27-19(24)13-12-18-7-4-14-26-18/h1-14,20H,(H,23,25)/b13-12+/t20-/m0/s1. The molecule has 0 saturated carbocycles. The van der Waals surface area contributed by atoms with E-state index in [0.717, 1.165) is 0 Å². The maximum atomic E-state index is 13.0. The highest BCUT2D eigenvalue weighted by molar-refractivity contribution is 5.97. The molecule has 0 bridgehead atoms. The molecule has 0 aliphatic heterocycles. The molecule has 1 atom stereocenters. The van der Waals surface area contributed by atoms with Gasteiger partial charge in [-0.05, 0) is 42.5 Å². The third-order valence-corrected chi connectivity index (χ3v) is 3.61. The highest BCUT2D eigenvalue weighted by Crippen LogP contribution is 2.21. The van der Waals surface area contributed by atoms with E-state index in [9.17, 15) is 14.0 Å². The fourth-order valence-electron chi connectivity index (χ4n) is 2.33. The van der Waals surface area contributed by atoms with E-state index in [1.165, 1.54) is 42.7 Å². The molecule has 5 nitrogen and oxygen atoms in total. The van der Waals surface area contributed by atoms with E-state index in [2.05, 4.69) is 5.32 Å². The Kier molecular flexibility index (Phi) is 5.79. The van der Waals surface area contributed by atoms with Crippen molar-refractivity contribution in [2.24, 2.45) is 0 Å². The zero-order chi connectivity index (χ0) is 19.1. The lowest BCUT2D eigenvalue weighted by Gasteiger charge is -2.17. The van der Waals surface area contributed by atoms with Crippen molar-refractivity contribution in [3.05, 3.63) is 96.2 Å². The first-order valence-corrected chi connectivity index (χ1v) is 8.15. The van der Waals surface area contributed by atoms with Crippen molar-refractivity contribution in [2.45, 2.75) is 6.10 Å². The quantitative estimate of drug-likeness (QED) is 0.521. The molecule has 3 rings (SSSR count). The van der Waals surface area contributed by atoms with Gasteiger partial charge in [0.15, 0.2) is 0 Å². The Labute approximate surface area is 155 Å². The number of benzene rings is 2. The summed E-state index contributed by atoms with van der Waals surface area (Å²) in [6, 6.07) is 17.3. The molecular weight excluding hydrogens is 349 g/mol. The fourth-order valence-corrected chi connectivity index (χ4v) is 2.33. The predicted molar refractivity (Wildman–Crippen MR) is 98.0 cm³/mol. The molecular formula is C21H16FNO4. The lowest BCUT2D eigenvalue weighted by atomic mass is 10.1. The molecule has 0 fully saturated rings. The number of halogens is 1. The molecule has 0 spiro atoms. The summed E-state index contributed by atoms with van der Waals surface area (Å²) in [5, 5.41) is 2.62. The Balaban J connectivity index is 1.75. The molecule has 0 aliphatic rings. The molecule has 0 aliphatic carbocycles. The van der Waals surface area contributed by atoms with Crippen molar-refractivity contribution in [2.75, 3.05) is 5.32 Å². The van der Waals surface area contributed by atoms with Gasteiger partial charge in [0, 0.05) is 17.3 Å². The largest absolute Gasteiger partial charge is 0.465 e. The van der Waals surface area contributed by atoms with Crippen LogP contribution in [0.3, 0.4) is 0 Å². The smallest absolute Gasteiger partial charge is 0.332 e. The number of ether oxygens (including phenoxy) is 1. The maximum absolute atomic E-state index is 13.0. The van der Waals surface area contributed by atoms with Crippen molar-refractivity contribution >= 4 is 23.6 Å². The summed E-state index contributed by atoms with van der Waals surface area (Å²) in [7, 11) is 0. The van der Waals surface area contributed by atoms with Crippen LogP contribution in [-0.2, 0) is 14.3 Å². The van der Waals surface area contributed by atoms with Crippen LogP contribution >= 0.6 is 0 Å². The molecule has 2 aromatic carbocycles. The minimum absolute atomic E-state index is 0.393. The number of carbonyl (C=O) groups is 2. The number of esters is 1. The van der Waals surface area contributed by atoms with Crippen LogP contribution in [0, 0.1) is 5.82 Å². The molecule has 136 valence electrons. The van der Waals surface area contributed by atoms with E-state index in [1.807, 2.05) is 0 Å². The highest BCUT2D eigenvalue weighted by Gasteiger charge is 2.24. The second kappa shape index (κ2) is 8.62. The molecule has 0 saturated heterocycles. The number of nitrogens with one attached hydrogen (secondary N) is 1.